The highest BCUT2D eigenvalue weighted by molar-refractivity contribution is 8.00. The summed E-state index contributed by atoms with van der Waals surface area (Å²) < 4.78 is 5.50. The van der Waals surface area contributed by atoms with Crippen molar-refractivity contribution >= 4 is 17.6 Å². The molecule has 0 aliphatic carbocycles. The molecule has 1 aromatic rings. The van der Waals surface area contributed by atoms with Gasteiger partial charge < -0.3 is 10.5 Å². The van der Waals surface area contributed by atoms with E-state index < -0.39 is 0 Å². The normalized spacial score (nSPS) is 27.2. The number of nitrogens with zero attached hydrogens (tertiary/aromatic N) is 1. The molecule has 5 heteroatoms. The fourth-order valence-corrected chi connectivity index (χ4v) is 4.07. The van der Waals surface area contributed by atoms with Crippen LogP contribution in [-0.2, 0) is 11.2 Å². The van der Waals surface area contributed by atoms with E-state index >= 15 is 0 Å². The monoisotopic (exact) mass is 277 g/mol. The van der Waals surface area contributed by atoms with Crippen LogP contribution in [0.5, 0.6) is 0 Å². The zero-order chi connectivity index (χ0) is 13.2. The summed E-state index contributed by atoms with van der Waals surface area (Å²) in [4.78, 5) is 3.79. The molecule has 1 saturated heterocycles. The third-order valence-electron chi connectivity index (χ3n) is 3.67. The van der Waals surface area contributed by atoms with Crippen LogP contribution in [-0.4, -0.2) is 48.3 Å². The summed E-state index contributed by atoms with van der Waals surface area (Å²) in [6.07, 6.45) is 0.922. The summed E-state index contributed by atoms with van der Waals surface area (Å²) in [7, 11) is 0. The van der Waals surface area contributed by atoms with Crippen molar-refractivity contribution in [2.75, 3.05) is 26.2 Å². The van der Waals surface area contributed by atoms with Crippen LogP contribution in [0.4, 0.5) is 0 Å². The first-order valence-corrected chi connectivity index (χ1v) is 7.53. The minimum Gasteiger partial charge on any atom is -0.385 e. The lowest BCUT2D eigenvalue weighted by molar-refractivity contribution is 0.00604. The molecule has 1 fully saturated rings. The Hall–Kier alpha value is -1.04. The van der Waals surface area contributed by atoms with Gasteiger partial charge in [-0.05, 0) is 18.1 Å². The lowest BCUT2D eigenvalue weighted by Gasteiger charge is -2.33. The number of benzene rings is 1. The second-order valence-electron chi connectivity index (χ2n) is 5.13. The number of rotatable bonds is 3. The second kappa shape index (κ2) is 5.53. The topological polar surface area (TPSA) is 62.3 Å². The highest BCUT2D eigenvalue weighted by Gasteiger charge is 2.28. The molecule has 0 spiro atoms. The number of hydrogen-bond acceptors (Lipinski definition) is 4. The van der Waals surface area contributed by atoms with Crippen molar-refractivity contribution in [1.82, 2.24) is 4.90 Å². The Morgan fingerprint density at radius 2 is 2.32 bits per heavy atom. The molecule has 19 heavy (non-hydrogen) atoms. The second-order valence-corrected chi connectivity index (χ2v) is 6.47. The first-order chi connectivity index (χ1) is 9.22. The number of ether oxygens (including phenoxy) is 1. The van der Waals surface area contributed by atoms with E-state index in [-0.39, 0.29) is 11.9 Å². The molecular weight excluding hydrogens is 258 g/mol. The first kappa shape index (κ1) is 13.0. The minimum absolute atomic E-state index is 0.145. The van der Waals surface area contributed by atoms with Crippen molar-refractivity contribution in [3.8, 4) is 0 Å². The van der Waals surface area contributed by atoms with E-state index in [2.05, 4.69) is 29.2 Å². The molecular formula is C14H19N3OS. The van der Waals surface area contributed by atoms with E-state index in [1.54, 1.807) is 0 Å². The first-order valence-electron chi connectivity index (χ1n) is 6.65. The summed E-state index contributed by atoms with van der Waals surface area (Å²) in [6, 6.07) is 8.65. The van der Waals surface area contributed by atoms with E-state index in [9.17, 15) is 0 Å². The molecule has 3 rings (SSSR count). The van der Waals surface area contributed by atoms with E-state index in [1.165, 1.54) is 10.5 Å². The maximum Gasteiger partial charge on any atom is 0.127 e. The molecule has 4 nitrogen and oxygen atoms in total. The molecule has 2 aliphatic rings. The number of fused-ring (bicyclic) bond motifs is 1. The zero-order valence-electron chi connectivity index (χ0n) is 10.8. The van der Waals surface area contributed by atoms with Gasteiger partial charge in [0.15, 0.2) is 0 Å². The van der Waals surface area contributed by atoms with E-state index in [4.69, 9.17) is 15.9 Å². The Morgan fingerprint density at radius 1 is 1.47 bits per heavy atom. The van der Waals surface area contributed by atoms with Crippen molar-refractivity contribution in [3.05, 3.63) is 29.8 Å². The molecule has 2 aliphatic heterocycles. The van der Waals surface area contributed by atoms with Gasteiger partial charge in [0.05, 0.1) is 6.61 Å². The van der Waals surface area contributed by atoms with Gasteiger partial charge >= 0.3 is 0 Å². The predicted octanol–water partition coefficient (Wildman–Crippen LogP) is 1.34. The Balaban J connectivity index is 1.57. The van der Waals surface area contributed by atoms with Gasteiger partial charge in [-0.3, -0.25) is 10.3 Å². The van der Waals surface area contributed by atoms with Gasteiger partial charge in [0.1, 0.15) is 11.9 Å². The van der Waals surface area contributed by atoms with Gasteiger partial charge in [0, 0.05) is 29.8 Å². The van der Waals surface area contributed by atoms with Gasteiger partial charge in [0.2, 0.25) is 0 Å². The average Bonchev–Trinajstić information content (AvgIpc) is 2.81. The number of thioether (sulfide) groups is 1. The molecule has 0 aromatic heterocycles. The average molecular weight is 277 g/mol. The van der Waals surface area contributed by atoms with Crippen molar-refractivity contribution in [1.29, 1.82) is 5.41 Å². The predicted molar refractivity (Wildman–Crippen MR) is 77.9 cm³/mol. The number of nitrogens with one attached hydrogen (secondary N) is 1. The Labute approximate surface area is 117 Å². The largest absolute Gasteiger partial charge is 0.385 e. The lowest BCUT2D eigenvalue weighted by atomic mass is 10.1. The van der Waals surface area contributed by atoms with E-state index in [0.717, 1.165) is 26.1 Å². The van der Waals surface area contributed by atoms with Crippen LogP contribution in [0.1, 0.15) is 5.56 Å². The summed E-state index contributed by atoms with van der Waals surface area (Å²) >= 11 is 1.97. The summed E-state index contributed by atoms with van der Waals surface area (Å²) in [5, 5.41) is 8.10. The van der Waals surface area contributed by atoms with Crippen molar-refractivity contribution < 1.29 is 4.74 Å². The Bertz CT molecular complexity index is 455. The molecule has 2 atom stereocenters. The maximum absolute atomic E-state index is 7.49. The molecule has 0 radical (unpaired) electrons. The van der Waals surface area contributed by atoms with Crippen LogP contribution < -0.4 is 5.73 Å². The summed E-state index contributed by atoms with van der Waals surface area (Å²) in [6.45, 7) is 3.42. The SMILES string of the molecule is N=C(N)C1CN(CC2Cc3ccccc3S2)CCO1. The number of hydrogen-bond donors (Lipinski definition) is 2. The van der Waals surface area contributed by atoms with Gasteiger partial charge in [-0.25, -0.2) is 0 Å². The van der Waals surface area contributed by atoms with Gasteiger partial charge in [-0.15, -0.1) is 11.8 Å². The van der Waals surface area contributed by atoms with Crippen molar-refractivity contribution in [3.63, 3.8) is 0 Å². The Morgan fingerprint density at radius 3 is 3.11 bits per heavy atom. The highest BCUT2D eigenvalue weighted by atomic mass is 32.2. The van der Waals surface area contributed by atoms with Crippen LogP contribution in [0.25, 0.3) is 0 Å². The van der Waals surface area contributed by atoms with Crippen LogP contribution in [0.15, 0.2) is 29.2 Å². The summed E-state index contributed by atoms with van der Waals surface area (Å²) in [5.74, 6) is 0.145. The number of nitrogens with two attached hydrogens (primary N) is 1. The van der Waals surface area contributed by atoms with Crippen LogP contribution >= 0.6 is 11.8 Å². The standard InChI is InChI=1S/C14H19N3OS/c15-14(16)12-9-17(5-6-18-12)8-11-7-10-3-1-2-4-13(10)19-11/h1-4,11-12H,5-9H2,(H3,15,16). The van der Waals surface area contributed by atoms with E-state index in [1.807, 2.05) is 11.8 Å². The molecule has 0 amide bonds. The molecule has 102 valence electrons. The quantitative estimate of drug-likeness (QED) is 0.646. The number of amidine groups is 1. The molecule has 0 saturated carbocycles. The molecule has 3 N–H and O–H groups in total. The molecule has 2 heterocycles. The molecule has 2 unspecified atom stereocenters. The minimum atomic E-state index is -0.220. The Kier molecular flexibility index (Phi) is 3.77. The van der Waals surface area contributed by atoms with E-state index in [0.29, 0.717) is 11.9 Å². The molecule has 1 aromatic carbocycles. The fraction of sp³-hybridized carbons (Fsp3) is 0.500. The highest BCUT2D eigenvalue weighted by Crippen LogP contribution is 2.37. The molecule has 0 bridgehead atoms. The van der Waals surface area contributed by atoms with Crippen LogP contribution in [0.3, 0.4) is 0 Å². The maximum atomic E-state index is 7.49. The van der Waals surface area contributed by atoms with Gasteiger partial charge in [-0.2, -0.15) is 0 Å². The third-order valence-corrected chi connectivity index (χ3v) is 4.97. The van der Waals surface area contributed by atoms with Crippen LogP contribution in [0.2, 0.25) is 0 Å². The zero-order valence-corrected chi connectivity index (χ0v) is 11.7. The third kappa shape index (κ3) is 2.94. The lowest BCUT2D eigenvalue weighted by Crippen LogP contribution is -2.49. The van der Waals surface area contributed by atoms with Crippen molar-refractivity contribution in [2.45, 2.75) is 22.7 Å². The fourth-order valence-electron chi connectivity index (χ4n) is 2.70. The smallest absolute Gasteiger partial charge is 0.127 e. The van der Waals surface area contributed by atoms with Gasteiger partial charge in [-0.1, -0.05) is 18.2 Å². The van der Waals surface area contributed by atoms with Crippen molar-refractivity contribution in [2.24, 2.45) is 5.73 Å². The van der Waals surface area contributed by atoms with Crippen LogP contribution in [0, 0.1) is 5.41 Å². The number of morpholine rings is 1. The summed E-state index contributed by atoms with van der Waals surface area (Å²) in [5.41, 5.74) is 7.00. The van der Waals surface area contributed by atoms with Gasteiger partial charge in [0.25, 0.3) is 0 Å².